The Morgan fingerprint density at radius 2 is 0.657 bits per heavy atom. The van der Waals surface area contributed by atoms with Crippen molar-refractivity contribution in [3.8, 4) is 17.2 Å². The molecule has 0 aliphatic rings. The van der Waals surface area contributed by atoms with E-state index < -0.39 is 15.9 Å². The summed E-state index contributed by atoms with van der Waals surface area (Å²) in [6.45, 7) is 12.4. The number of fused-ring (bicyclic) bond motifs is 4. The zero-order chi connectivity index (χ0) is 78.6. The molecule has 560 valence electrons. The zero-order valence-electron chi connectivity index (χ0n) is 61.4. The summed E-state index contributed by atoms with van der Waals surface area (Å²) in [5.41, 5.74) is 11.8. The van der Waals surface area contributed by atoms with Crippen LogP contribution in [0, 0.1) is 26.6 Å². The average Bonchev–Trinajstić information content (AvgIpc) is 1.63. The minimum Gasteiger partial charge on any atom is -0.497 e. The first-order valence-corrected chi connectivity index (χ1v) is 37.8. The largest absolute Gasteiger partial charge is 0.497 e. The lowest BCUT2D eigenvalue weighted by Gasteiger charge is -2.11. The smallest absolute Gasteiger partial charge is 0.262 e. The van der Waals surface area contributed by atoms with Gasteiger partial charge in [0.25, 0.3) is 23.6 Å². The number of methoxy groups -OCH3 is 3. The van der Waals surface area contributed by atoms with Crippen molar-refractivity contribution in [2.75, 3.05) is 27.6 Å². The quantitative estimate of drug-likeness (QED) is 0.0706. The van der Waals surface area contributed by atoms with Crippen molar-refractivity contribution in [3.05, 3.63) is 263 Å². The van der Waals surface area contributed by atoms with E-state index in [1.165, 1.54) is 19.1 Å². The topological polar surface area (TPSA) is 230 Å². The highest BCUT2D eigenvalue weighted by Gasteiger charge is 2.27. The molecule has 0 saturated heterocycles. The fraction of sp³-hybridized carbons (Fsp3) is 0.238. The summed E-state index contributed by atoms with van der Waals surface area (Å²) < 4.78 is 60.8. The molecular weight excluding hydrogens is 1480 g/mol. The Labute approximate surface area is 645 Å². The Hall–Kier alpha value is -10.5. The minimum atomic E-state index is -3.65. The van der Waals surface area contributed by atoms with Gasteiger partial charge in [0.05, 0.1) is 49.7 Å². The lowest BCUT2D eigenvalue weighted by molar-refractivity contribution is -0.119. The van der Waals surface area contributed by atoms with Crippen LogP contribution in [0.2, 0.25) is 20.1 Å². The first-order chi connectivity index (χ1) is 51.4. The molecule has 0 atom stereocenters. The summed E-state index contributed by atoms with van der Waals surface area (Å²) in [5, 5.41) is 5.65. The van der Waals surface area contributed by atoms with Crippen molar-refractivity contribution in [2.24, 2.45) is 0 Å². The molecule has 0 bridgehead atoms. The van der Waals surface area contributed by atoms with Gasteiger partial charge in [-0.15, -0.1) is 0 Å². The Kier molecular flexibility index (Phi) is 27.2. The second-order valence-corrected chi connectivity index (χ2v) is 29.3. The van der Waals surface area contributed by atoms with E-state index in [4.69, 9.17) is 60.6 Å². The summed E-state index contributed by atoms with van der Waals surface area (Å²) in [6.07, 6.45) is 4.35. The molecule has 1 amide bonds. The van der Waals surface area contributed by atoms with Gasteiger partial charge in [-0.2, -0.15) is 0 Å². The second kappa shape index (κ2) is 35.9. The minimum absolute atomic E-state index is 0.0429. The molecule has 12 rings (SSSR count). The Morgan fingerprint density at radius 3 is 0.954 bits per heavy atom. The van der Waals surface area contributed by atoms with E-state index in [2.05, 4.69) is 6.92 Å². The van der Waals surface area contributed by atoms with Crippen LogP contribution in [0.3, 0.4) is 0 Å². The summed E-state index contributed by atoms with van der Waals surface area (Å²) in [5.74, 6) is 0.612. The van der Waals surface area contributed by atoms with Gasteiger partial charge in [0.15, 0.2) is 0 Å². The van der Waals surface area contributed by atoms with Gasteiger partial charge in [0, 0.05) is 112 Å². The highest BCUT2D eigenvalue weighted by molar-refractivity contribution is 7.89. The van der Waals surface area contributed by atoms with Crippen LogP contribution >= 0.6 is 46.4 Å². The van der Waals surface area contributed by atoms with Crippen molar-refractivity contribution in [1.29, 1.82) is 0 Å². The van der Waals surface area contributed by atoms with Gasteiger partial charge in [-0.1, -0.05) is 53.3 Å². The van der Waals surface area contributed by atoms with Gasteiger partial charge in [0.1, 0.15) is 40.4 Å². The molecule has 0 aliphatic carbocycles. The first-order valence-electron chi connectivity index (χ1n) is 34.4. The van der Waals surface area contributed by atoms with E-state index in [0.717, 1.165) is 90.7 Å². The van der Waals surface area contributed by atoms with Crippen LogP contribution in [-0.2, 0) is 61.3 Å². The number of nitrogens with one attached hydrogen (secondary N) is 1. The molecule has 0 spiro atoms. The van der Waals surface area contributed by atoms with E-state index in [1.54, 1.807) is 169 Å². The number of rotatable bonds is 21. The van der Waals surface area contributed by atoms with Crippen LogP contribution in [0.4, 0.5) is 4.39 Å². The van der Waals surface area contributed by atoms with Gasteiger partial charge in [-0.25, -0.2) is 12.8 Å². The Balaban J connectivity index is 0.000000166. The van der Waals surface area contributed by atoms with Crippen LogP contribution in [0.15, 0.2) is 170 Å². The number of halogens is 5. The second-order valence-electron chi connectivity index (χ2n) is 25.8. The molecule has 12 aromatic rings. The number of carbonyl (C=O) groups excluding carboxylic acids is 8. The number of aromatic nitrogens is 4. The summed E-state index contributed by atoms with van der Waals surface area (Å²) in [6, 6.07) is 47.9. The number of Topliss-reactive ketones (excluding diaryl/α,β-unsaturated/α-hetero) is 3. The zero-order valence-corrected chi connectivity index (χ0v) is 65.3. The van der Waals surface area contributed by atoms with E-state index in [1.807, 2.05) is 68.0 Å². The van der Waals surface area contributed by atoms with Crippen LogP contribution < -0.4 is 18.9 Å². The third kappa shape index (κ3) is 19.3. The molecule has 0 saturated carbocycles. The number of carbonyl (C=O) groups is 8. The maximum Gasteiger partial charge on any atom is 0.262 e. The van der Waals surface area contributed by atoms with Crippen molar-refractivity contribution in [1.82, 2.24) is 23.0 Å². The third-order valence-corrected chi connectivity index (χ3v) is 20.0. The average molecular weight is 1560 g/mol. The van der Waals surface area contributed by atoms with Crippen LogP contribution in [-0.4, -0.2) is 101 Å². The molecular formula is C84H80Cl4FN5O13S. The van der Waals surface area contributed by atoms with Crippen molar-refractivity contribution in [2.45, 2.75) is 106 Å². The molecule has 0 aliphatic heterocycles. The standard InChI is InChI=1S/C22H22ClNO3.C21H21ClN2O5S.C21H20ClNO3.C20H17ClFNO2/c1-4-18-19-13-17(27-3)10-12-21(19)24(20(18)11-5-14(2)25)22(26)15-6-8-16(23)9-7-15;1-13-17-12-16(29-2)8-9-19(17)24(21(26)14-4-6-15(22)7-5-14)18(13)10-11-20(25)23-30(3,27)28;1-13(24)4-10-19-14(2)18-12-17(26-3)9-11-20(18)23(19)21(25)15-5-7-16(22)8-6-15;1-12(24)3-9-18-13(2)17-11-16(22)8-10-19(17)23(18)20(25)14-4-6-15(21)7-5-14/h6-10,12-13H,4-5,11H2,1-3H3;4-9,12H,10-11H2,1-3H3,(H,23,25);5-9,11-12H,4,10H2,1-3H3;4-8,10-11H,3,9H2,1-2H3. The van der Waals surface area contributed by atoms with E-state index in [9.17, 15) is 51.2 Å². The van der Waals surface area contributed by atoms with E-state index in [-0.39, 0.29) is 59.6 Å². The molecule has 0 unspecified atom stereocenters. The molecule has 4 aromatic heterocycles. The molecule has 18 nitrogen and oxygen atoms in total. The third-order valence-electron chi connectivity index (χ3n) is 18.4. The number of sulfonamides is 1. The maximum atomic E-state index is 13.7. The van der Waals surface area contributed by atoms with E-state index in [0.29, 0.717) is 109 Å². The lowest BCUT2D eigenvalue weighted by Crippen LogP contribution is -2.29. The van der Waals surface area contributed by atoms with Gasteiger partial charge in [-0.05, 0) is 266 Å². The summed E-state index contributed by atoms with van der Waals surface area (Å²) in [7, 11) is 1.15. The predicted molar refractivity (Wildman–Crippen MR) is 424 cm³/mol. The predicted octanol–water partition coefficient (Wildman–Crippen LogP) is 18.2. The number of benzene rings is 8. The van der Waals surface area contributed by atoms with Gasteiger partial charge < -0.3 is 28.6 Å². The van der Waals surface area contributed by atoms with Crippen molar-refractivity contribution in [3.63, 3.8) is 0 Å². The van der Waals surface area contributed by atoms with Gasteiger partial charge in [-0.3, -0.25) is 47.0 Å². The Bertz CT molecular complexity index is 5570. The van der Waals surface area contributed by atoms with Gasteiger partial charge in [0.2, 0.25) is 15.9 Å². The van der Waals surface area contributed by atoms with Crippen LogP contribution in [0.1, 0.15) is 140 Å². The van der Waals surface area contributed by atoms with Crippen LogP contribution in [0.5, 0.6) is 17.2 Å². The molecule has 24 heteroatoms. The normalized spacial score (nSPS) is 11.1. The molecule has 108 heavy (non-hydrogen) atoms. The maximum absolute atomic E-state index is 13.7. The van der Waals surface area contributed by atoms with E-state index >= 15 is 0 Å². The number of hydrogen-bond donors (Lipinski definition) is 1. The Morgan fingerprint density at radius 1 is 0.389 bits per heavy atom. The molecule has 0 radical (unpaired) electrons. The number of nitrogens with zero attached hydrogens (tertiary/aromatic N) is 4. The lowest BCUT2D eigenvalue weighted by atomic mass is 10.0. The highest BCUT2D eigenvalue weighted by Crippen LogP contribution is 2.36. The van der Waals surface area contributed by atoms with Crippen molar-refractivity contribution < 1.29 is 65.4 Å². The highest BCUT2D eigenvalue weighted by atomic mass is 35.5. The number of hydrogen-bond acceptors (Lipinski definition) is 13. The molecule has 0 fully saturated rings. The number of ether oxygens (including phenoxy) is 3. The number of aryl methyl sites for hydroxylation is 4. The summed E-state index contributed by atoms with van der Waals surface area (Å²) in [4.78, 5) is 99.5. The molecule has 1 N–H and O–H groups in total. The van der Waals surface area contributed by atoms with Gasteiger partial charge >= 0.3 is 0 Å². The molecule has 8 aromatic carbocycles. The van der Waals surface area contributed by atoms with Crippen LogP contribution in [0.25, 0.3) is 43.6 Å². The molecule has 4 heterocycles. The number of ketones is 3. The first kappa shape index (κ1) is 81.6. The van der Waals surface area contributed by atoms with Crippen molar-refractivity contribution >= 4 is 147 Å². The fourth-order valence-electron chi connectivity index (χ4n) is 12.9. The SMILES string of the molecule is CC(=O)CCc1c(C)c2cc(F)ccc2n1C(=O)c1ccc(Cl)cc1.CCc1c(CCC(C)=O)n(C(=O)c2ccc(Cl)cc2)c2ccc(OC)cc12.COc1ccc2c(c1)c(C)c(CCC(=O)NS(C)(=O)=O)n2C(=O)c1ccc(Cl)cc1.COc1ccc2c(c1)c(C)c(CCC(C)=O)n2C(=O)c1ccc(Cl)cc1. The fourth-order valence-corrected chi connectivity index (χ4v) is 14.0. The monoisotopic (exact) mass is 1560 g/mol. The summed E-state index contributed by atoms with van der Waals surface area (Å²) >= 11 is 23.7. The number of amides is 1.